The second-order valence-electron chi connectivity index (χ2n) is 6.01. The Labute approximate surface area is 148 Å². The highest BCUT2D eigenvalue weighted by Crippen LogP contribution is 2.30. The SMILES string of the molecule is O=C1CC(c2ccc(Cl)cc2)n2nc(NC(=O)C3CCCO3)nc2N1. The molecule has 0 aliphatic carbocycles. The van der Waals surface area contributed by atoms with Crippen LogP contribution in [0.2, 0.25) is 5.02 Å². The number of hydrogen-bond donors (Lipinski definition) is 2. The van der Waals surface area contributed by atoms with Crippen LogP contribution in [0.25, 0.3) is 0 Å². The average molecular weight is 362 g/mol. The Balaban J connectivity index is 1.60. The number of halogens is 1. The molecule has 1 aromatic carbocycles. The summed E-state index contributed by atoms with van der Waals surface area (Å²) >= 11 is 5.93. The molecule has 2 aromatic rings. The van der Waals surface area contributed by atoms with Crippen molar-refractivity contribution in [3.8, 4) is 0 Å². The molecule has 1 aromatic heterocycles. The number of ether oxygens (including phenoxy) is 1. The van der Waals surface area contributed by atoms with Gasteiger partial charge in [-0.2, -0.15) is 4.98 Å². The molecule has 9 heteroatoms. The van der Waals surface area contributed by atoms with Crippen LogP contribution in [0.3, 0.4) is 0 Å². The first-order valence-electron chi connectivity index (χ1n) is 8.04. The molecule has 2 aliphatic heterocycles. The van der Waals surface area contributed by atoms with Gasteiger partial charge < -0.3 is 4.74 Å². The Morgan fingerprint density at radius 1 is 1.36 bits per heavy atom. The molecule has 2 amide bonds. The molecule has 2 atom stereocenters. The van der Waals surface area contributed by atoms with Crippen LogP contribution in [0.1, 0.15) is 30.9 Å². The van der Waals surface area contributed by atoms with E-state index in [1.54, 1.807) is 16.8 Å². The summed E-state index contributed by atoms with van der Waals surface area (Å²) in [6.45, 7) is 0.583. The molecule has 130 valence electrons. The summed E-state index contributed by atoms with van der Waals surface area (Å²) in [5.41, 5.74) is 0.891. The van der Waals surface area contributed by atoms with Crippen LogP contribution >= 0.6 is 11.6 Å². The van der Waals surface area contributed by atoms with Crippen molar-refractivity contribution in [2.75, 3.05) is 17.2 Å². The van der Waals surface area contributed by atoms with Gasteiger partial charge in [-0.3, -0.25) is 20.2 Å². The lowest BCUT2D eigenvalue weighted by atomic mass is 10.0. The number of carbonyl (C=O) groups excluding carboxylic acids is 2. The van der Waals surface area contributed by atoms with E-state index < -0.39 is 6.10 Å². The van der Waals surface area contributed by atoms with Crippen LogP contribution in [0, 0.1) is 0 Å². The van der Waals surface area contributed by atoms with E-state index in [2.05, 4.69) is 20.7 Å². The second-order valence-corrected chi connectivity index (χ2v) is 6.45. The minimum absolute atomic E-state index is 0.150. The Kier molecular flexibility index (Phi) is 4.14. The number of anilines is 2. The van der Waals surface area contributed by atoms with Crippen LogP contribution in [-0.2, 0) is 14.3 Å². The van der Waals surface area contributed by atoms with E-state index in [9.17, 15) is 9.59 Å². The van der Waals surface area contributed by atoms with E-state index >= 15 is 0 Å². The Hall–Kier alpha value is -2.45. The minimum Gasteiger partial charge on any atom is -0.368 e. The van der Waals surface area contributed by atoms with Crippen molar-refractivity contribution < 1.29 is 14.3 Å². The number of nitrogens with one attached hydrogen (secondary N) is 2. The van der Waals surface area contributed by atoms with Gasteiger partial charge in [-0.15, -0.1) is 5.10 Å². The molecule has 4 rings (SSSR count). The van der Waals surface area contributed by atoms with Gasteiger partial charge >= 0.3 is 0 Å². The molecule has 0 spiro atoms. The first-order chi connectivity index (χ1) is 12.1. The molecule has 25 heavy (non-hydrogen) atoms. The van der Waals surface area contributed by atoms with Gasteiger partial charge in [0.2, 0.25) is 11.9 Å². The van der Waals surface area contributed by atoms with Gasteiger partial charge in [-0.05, 0) is 30.5 Å². The fraction of sp³-hybridized carbons (Fsp3) is 0.375. The standard InChI is InChI=1S/C16H16ClN5O3/c17-10-5-3-9(4-6-10)11-8-13(23)18-16-20-15(21-22(11)16)19-14(24)12-2-1-7-25-12/h3-6,11-12H,1-2,7-8H2,(H2,18,19,20,21,23,24). The number of benzene rings is 1. The summed E-state index contributed by atoms with van der Waals surface area (Å²) in [6, 6.07) is 6.92. The lowest BCUT2D eigenvalue weighted by molar-refractivity contribution is -0.124. The molecule has 0 saturated carbocycles. The summed E-state index contributed by atoms with van der Waals surface area (Å²) in [5.74, 6) is 0.0298. The number of hydrogen-bond acceptors (Lipinski definition) is 5. The Morgan fingerprint density at radius 2 is 2.16 bits per heavy atom. The maximum atomic E-state index is 12.2. The van der Waals surface area contributed by atoms with Gasteiger partial charge in [0.05, 0.1) is 12.5 Å². The smallest absolute Gasteiger partial charge is 0.255 e. The molecular formula is C16H16ClN5O3. The third-order valence-corrected chi connectivity index (χ3v) is 4.52. The highest BCUT2D eigenvalue weighted by molar-refractivity contribution is 6.30. The first kappa shape index (κ1) is 16.0. The van der Waals surface area contributed by atoms with Crippen molar-refractivity contribution in [3.63, 3.8) is 0 Å². The van der Waals surface area contributed by atoms with Crippen molar-refractivity contribution in [2.24, 2.45) is 0 Å². The number of carbonyl (C=O) groups is 2. The summed E-state index contributed by atoms with van der Waals surface area (Å²) < 4.78 is 6.96. The zero-order chi connectivity index (χ0) is 17.4. The third kappa shape index (κ3) is 3.22. The van der Waals surface area contributed by atoms with Gasteiger partial charge in [0.15, 0.2) is 0 Å². The van der Waals surface area contributed by atoms with Crippen molar-refractivity contribution in [2.45, 2.75) is 31.4 Å². The quantitative estimate of drug-likeness (QED) is 0.871. The largest absolute Gasteiger partial charge is 0.368 e. The maximum absolute atomic E-state index is 12.2. The van der Waals surface area contributed by atoms with E-state index in [-0.39, 0.29) is 30.2 Å². The predicted molar refractivity (Wildman–Crippen MR) is 90.5 cm³/mol. The van der Waals surface area contributed by atoms with E-state index in [0.717, 1.165) is 12.0 Å². The highest BCUT2D eigenvalue weighted by atomic mass is 35.5. The minimum atomic E-state index is -0.470. The van der Waals surface area contributed by atoms with Crippen LogP contribution in [0.4, 0.5) is 11.9 Å². The molecule has 0 radical (unpaired) electrons. The molecule has 8 nitrogen and oxygen atoms in total. The number of fused-ring (bicyclic) bond motifs is 1. The van der Waals surface area contributed by atoms with Gasteiger partial charge in [0.25, 0.3) is 11.9 Å². The normalized spacial score (nSPS) is 22.4. The van der Waals surface area contributed by atoms with Gasteiger partial charge in [-0.1, -0.05) is 23.7 Å². The zero-order valence-electron chi connectivity index (χ0n) is 13.2. The maximum Gasteiger partial charge on any atom is 0.255 e. The third-order valence-electron chi connectivity index (χ3n) is 4.27. The molecule has 2 N–H and O–H groups in total. The molecular weight excluding hydrogens is 346 g/mol. The van der Waals surface area contributed by atoms with Crippen molar-refractivity contribution in [3.05, 3.63) is 34.9 Å². The van der Waals surface area contributed by atoms with Crippen molar-refractivity contribution >= 4 is 35.3 Å². The van der Waals surface area contributed by atoms with Crippen LogP contribution in [0.15, 0.2) is 24.3 Å². The summed E-state index contributed by atoms with van der Waals surface area (Å²) in [7, 11) is 0. The number of rotatable bonds is 3. The second kappa shape index (κ2) is 6.45. The topological polar surface area (TPSA) is 98.1 Å². The molecule has 0 bridgehead atoms. The molecule has 2 aliphatic rings. The zero-order valence-corrected chi connectivity index (χ0v) is 14.0. The molecule has 3 heterocycles. The van der Waals surface area contributed by atoms with Crippen LogP contribution in [-0.4, -0.2) is 39.3 Å². The van der Waals surface area contributed by atoms with E-state index in [4.69, 9.17) is 16.3 Å². The van der Waals surface area contributed by atoms with Crippen molar-refractivity contribution in [1.29, 1.82) is 0 Å². The van der Waals surface area contributed by atoms with Crippen LogP contribution in [0.5, 0.6) is 0 Å². The first-order valence-corrected chi connectivity index (χ1v) is 8.42. The van der Waals surface area contributed by atoms with Gasteiger partial charge in [0.1, 0.15) is 6.10 Å². The van der Waals surface area contributed by atoms with E-state index in [1.165, 1.54) is 0 Å². The fourth-order valence-electron chi connectivity index (χ4n) is 3.04. The van der Waals surface area contributed by atoms with Crippen LogP contribution < -0.4 is 10.6 Å². The molecule has 1 fully saturated rings. The van der Waals surface area contributed by atoms with Gasteiger partial charge in [0, 0.05) is 11.6 Å². The molecule has 2 unspecified atom stereocenters. The monoisotopic (exact) mass is 361 g/mol. The number of amides is 2. The summed E-state index contributed by atoms with van der Waals surface area (Å²) in [5, 5.41) is 10.3. The summed E-state index contributed by atoms with van der Waals surface area (Å²) in [4.78, 5) is 28.4. The molecule has 1 saturated heterocycles. The van der Waals surface area contributed by atoms with E-state index in [1.807, 2.05) is 12.1 Å². The Morgan fingerprint density at radius 3 is 2.88 bits per heavy atom. The Bertz CT molecular complexity index is 814. The lowest BCUT2D eigenvalue weighted by Gasteiger charge is -2.23. The highest BCUT2D eigenvalue weighted by Gasteiger charge is 2.30. The predicted octanol–water partition coefficient (Wildman–Crippen LogP) is 1.98. The average Bonchev–Trinajstić information content (AvgIpc) is 3.24. The van der Waals surface area contributed by atoms with Gasteiger partial charge in [-0.25, -0.2) is 4.68 Å². The number of aromatic nitrogens is 3. The van der Waals surface area contributed by atoms with E-state index in [0.29, 0.717) is 24.0 Å². The number of nitrogens with zero attached hydrogens (tertiary/aromatic N) is 3. The lowest BCUT2D eigenvalue weighted by Crippen LogP contribution is -2.29. The fourth-order valence-corrected chi connectivity index (χ4v) is 3.16. The summed E-state index contributed by atoms with van der Waals surface area (Å²) in [6.07, 6.45) is 1.31. The van der Waals surface area contributed by atoms with Crippen molar-refractivity contribution in [1.82, 2.24) is 14.8 Å².